The molecule has 0 saturated heterocycles. The largest absolute Gasteiger partial charge is 0.465 e. The Kier molecular flexibility index (Phi) is 2.41. The average Bonchev–Trinajstić information content (AvgIpc) is 2.70. The van der Waals surface area contributed by atoms with Crippen LogP contribution in [0.3, 0.4) is 0 Å². The van der Waals surface area contributed by atoms with E-state index in [1.54, 1.807) is 12.1 Å². The van der Waals surface area contributed by atoms with E-state index < -0.39 is 0 Å². The quantitative estimate of drug-likeness (QED) is 0.699. The van der Waals surface area contributed by atoms with Crippen LogP contribution in [-0.4, -0.2) is 22.5 Å². The summed E-state index contributed by atoms with van der Waals surface area (Å²) in [4.78, 5) is 15.8. The zero-order valence-corrected chi connectivity index (χ0v) is 8.73. The lowest BCUT2D eigenvalue weighted by Gasteiger charge is -2.00. The van der Waals surface area contributed by atoms with Gasteiger partial charge in [0.25, 0.3) is 0 Å². The van der Waals surface area contributed by atoms with E-state index in [0.29, 0.717) is 11.2 Å². The lowest BCUT2D eigenvalue weighted by molar-refractivity contribution is 0.0602. The van der Waals surface area contributed by atoms with Gasteiger partial charge in [-0.25, -0.2) is 9.78 Å². The Hall–Kier alpha value is -1.84. The highest BCUT2D eigenvalue weighted by Crippen LogP contribution is 2.12. The van der Waals surface area contributed by atoms with Gasteiger partial charge in [0.1, 0.15) is 5.56 Å². The molecule has 0 bridgehead atoms. The second-order valence-corrected chi connectivity index (χ2v) is 3.23. The summed E-state index contributed by atoms with van der Waals surface area (Å²) in [6.45, 7) is 2.03. The monoisotopic (exact) mass is 204 g/mol. The van der Waals surface area contributed by atoms with Crippen molar-refractivity contribution in [2.24, 2.45) is 0 Å². The van der Waals surface area contributed by atoms with Gasteiger partial charge in [0.15, 0.2) is 5.65 Å². The van der Waals surface area contributed by atoms with Crippen LogP contribution in [-0.2, 0) is 11.2 Å². The standard InChI is InChI=1S/C11H12N2O2/c1-3-8-7-13-6-4-5-9(10(13)12-8)11(14)15-2/h4-7H,3H2,1-2H3. The predicted octanol–water partition coefficient (Wildman–Crippen LogP) is 1.68. The molecule has 0 unspecified atom stereocenters. The number of hydrogen-bond acceptors (Lipinski definition) is 3. The molecule has 0 spiro atoms. The average molecular weight is 204 g/mol. The molecule has 0 saturated carbocycles. The maximum atomic E-state index is 11.4. The molecule has 0 aliphatic carbocycles. The molecular formula is C11H12N2O2. The molecular weight excluding hydrogens is 192 g/mol. The highest BCUT2D eigenvalue weighted by Gasteiger charge is 2.12. The molecule has 0 radical (unpaired) electrons. The van der Waals surface area contributed by atoms with E-state index in [-0.39, 0.29) is 5.97 Å². The summed E-state index contributed by atoms with van der Waals surface area (Å²) in [6, 6.07) is 3.52. The van der Waals surface area contributed by atoms with Gasteiger partial charge in [-0.15, -0.1) is 0 Å². The van der Waals surface area contributed by atoms with Gasteiger partial charge in [-0.1, -0.05) is 6.92 Å². The van der Waals surface area contributed by atoms with Crippen molar-refractivity contribution in [1.82, 2.24) is 9.38 Å². The number of fused-ring (bicyclic) bond motifs is 1. The minimum Gasteiger partial charge on any atom is -0.465 e. The van der Waals surface area contributed by atoms with Crippen LogP contribution in [0.25, 0.3) is 5.65 Å². The van der Waals surface area contributed by atoms with Gasteiger partial charge >= 0.3 is 5.97 Å². The minimum absolute atomic E-state index is 0.353. The maximum absolute atomic E-state index is 11.4. The van der Waals surface area contributed by atoms with Crippen LogP contribution in [0.2, 0.25) is 0 Å². The van der Waals surface area contributed by atoms with Crippen molar-refractivity contribution in [1.29, 1.82) is 0 Å². The third-order valence-corrected chi connectivity index (χ3v) is 2.30. The Bertz CT molecular complexity index is 502. The Morgan fingerprint density at radius 1 is 1.60 bits per heavy atom. The molecule has 4 heteroatoms. The third-order valence-electron chi connectivity index (χ3n) is 2.30. The number of ether oxygens (including phenoxy) is 1. The smallest absolute Gasteiger partial charge is 0.341 e. The fourth-order valence-corrected chi connectivity index (χ4v) is 1.50. The summed E-state index contributed by atoms with van der Waals surface area (Å²) in [5, 5.41) is 0. The number of rotatable bonds is 2. The second-order valence-electron chi connectivity index (χ2n) is 3.23. The summed E-state index contributed by atoms with van der Waals surface area (Å²) in [6.07, 6.45) is 4.64. The van der Waals surface area contributed by atoms with Gasteiger partial charge in [0.05, 0.1) is 12.8 Å². The van der Waals surface area contributed by atoms with Crippen LogP contribution < -0.4 is 0 Å². The van der Waals surface area contributed by atoms with Crippen molar-refractivity contribution in [3.63, 3.8) is 0 Å². The van der Waals surface area contributed by atoms with E-state index in [0.717, 1.165) is 12.1 Å². The predicted molar refractivity (Wildman–Crippen MR) is 55.9 cm³/mol. The molecule has 0 N–H and O–H groups in total. The Morgan fingerprint density at radius 3 is 3.07 bits per heavy atom. The summed E-state index contributed by atoms with van der Waals surface area (Å²) >= 11 is 0. The summed E-state index contributed by atoms with van der Waals surface area (Å²) in [7, 11) is 1.37. The molecule has 2 aromatic rings. The number of imidazole rings is 1. The van der Waals surface area contributed by atoms with E-state index in [4.69, 9.17) is 4.74 Å². The molecule has 0 atom stereocenters. The molecule has 2 aromatic heterocycles. The molecule has 15 heavy (non-hydrogen) atoms. The normalized spacial score (nSPS) is 10.5. The fourth-order valence-electron chi connectivity index (χ4n) is 1.50. The van der Waals surface area contributed by atoms with Crippen molar-refractivity contribution in [2.45, 2.75) is 13.3 Å². The van der Waals surface area contributed by atoms with Crippen molar-refractivity contribution < 1.29 is 9.53 Å². The number of pyridine rings is 1. The Labute approximate surface area is 87.5 Å². The van der Waals surface area contributed by atoms with Crippen LogP contribution in [0, 0.1) is 0 Å². The molecule has 0 amide bonds. The van der Waals surface area contributed by atoms with Gasteiger partial charge in [0, 0.05) is 12.4 Å². The highest BCUT2D eigenvalue weighted by atomic mass is 16.5. The molecule has 0 aliphatic heterocycles. The number of aromatic nitrogens is 2. The van der Waals surface area contributed by atoms with Gasteiger partial charge < -0.3 is 9.14 Å². The third kappa shape index (κ3) is 1.58. The SMILES string of the molecule is CCc1cn2cccc(C(=O)OC)c2n1. The second kappa shape index (κ2) is 3.73. The molecule has 0 aliphatic rings. The number of aryl methyl sites for hydroxylation is 1. The maximum Gasteiger partial charge on any atom is 0.341 e. The first-order valence-corrected chi connectivity index (χ1v) is 4.81. The highest BCUT2D eigenvalue weighted by molar-refractivity contribution is 5.95. The lowest BCUT2D eigenvalue weighted by atomic mass is 10.3. The van der Waals surface area contributed by atoms with E-state index >= 15 is 0 Å². The first-order chi connectivity index (χ1) is 7.26. The van der Waals surface area contributed by atoms with E-state index in [9.17, 15) is 4.79 Å². The Morgan fingerprint density at radius 2 is 2.40 bits per heavy atom. The van der Waals surface area contributed by atoms with Crippen molar-refractivity contribution >= 4 is 11.6 Å². The zero-order valence-electron chi connectivity index (χ0n) is 8.73. The van der Waals surface area contributed by atoms with Gasteiger partial charge in [-0.3, -0.25) is 0 Å². The molecule has 0 aromatic carbocycles. The van der Waals surface area contributed by atoms with Crippen molar-refractivity contribution in [2.75, 3.05) is 7.11 Å². The molecule has 2 rings (SSSR count). The number of hydrogen-bond donors (Lipinski definition) is 0. The number of carbonyl (C=O) groups is 1. The van der Waals surface area contributed by atoms with E-state index in [2.05, 4.69) is 4.98 Å². The minimum atomic E-state index is -0.353. The summed E-state index contributed by atoms with van der Waals surface area (Å²) in [5.74, 6) is -0.353. The van der Waals surface area contributed by atoms with Crippen LogP contribution in [0.1, 0.15) is 23.0 Å². The number of carbonyl (C=O) groups excluding carboxylic acids is 1. The zero-order chi connectivity index (χ0) is 10.8. The first-order valence-electron chi connectivity index (χ1n) is 4.81. The van der Waals surface area contributed by atoms with Crippen LogP contribution >= 0.6 is 0 Å². The molecule has 78 valence electrons. The number of nitrogens with zero attached hydrogens (tertiary/aromatic N) is 2. The van der Waals surface area contributed by atoms with E-state index in [1.807, 2.05) is 23.7 Å². The van der Waals surface area contributed by atoms with Crippen molar-refractivity contribution in [3.8, 4) is 0 Å². The fraction of sp³-hybridized carbons (Fsp3) is 0.273. The topological polar surface area (TPSA) is 43.6 Å². The summed E-state index contributed by atoms with van der Waals surface area (Å²) in [5.41, 5.74) is 2.12. The van der Waals surface area contributed by atoms with Gasteiger partial charge in [0.2, 0.25) is 0 Å². The van der Waals surface area contributed by atoms with Gasteiger partial charge in [-0.2, -0.15) is 0 Å². The van der Waals surface area contributed by atoms with Gasteiger partial charge in [-0.05, 0) is 18.6 Å². The molecule has 0 fully saturated rings. The lowest BCUT2D eigenvalue weighted by Crippen LogP contribution is -2.03. The van der Waals surface area contributed by atoms with Crippen LogP contribution in [0.15, 0.2) is 24.5 Å². The van der Waals surface area contributed by atoms with Crippen molar-refractivity contribution in [3.05, 3.63) is 35.8 Å². The number of esters is 1. The Balaban J connectivity index is 2.64. The van der Waals surface area contributed by atoms with E-state index in [1.165, 1.54) is 7.11 Å². The first kappa shape index (κ1) is 9.71. The number of methoxy groups -OCH3 is 1. The summed E-state index contributed by atoms with van der Waals surface area (Å²) < 4.78 is 6.53. The van der Waals surface area contributed by atoms with Crippen LogP contribution in [0.5, 0.6) is 0 Å². The van der Waals surface area contributed by atoms with Crippen LogP contribution in [0.4, 0.5) is 0 Å². The molecule has 2 heterocycles. The molecule has 4 nitrogen and oxygen atoms in total.